The first-order chi connectivity index (χ1) is 11.9. The van der Waals surface area contributed by atoms with Crippen LogP contribution in [-0.4, -0.2) is 69.3 Å². The van der Waals surface area contributed by atoms with Crippen LogP contribution in [-0.2, 0) is 14.8 Å². The molecule has 2 fully saturated rings. The lowest BCUT2D eigenvalue weighted by atomic mass is 10.1. The van der Waals surface area contributed by atoms with E-state index in [4.69, 9.17) is 4.74 Å². The van der Waals surface area contributed by atoms with Crippen LogP contribution in [0.4, 0.5) is 4.79 Å². The topological polar surface area (TPSA) is 79.0 Å². The molecule has 1 aromatic carbocycles. The van der Waals surface area contributed by atoms with Crippen LogP contribution in [0.2, 0.25) is 0 Å². The Kier molecular flexibility index (Phi) is 5.61. The molecule has 7 nitrogen and oxygen atoms in total. The predicted molar refractivity (Wildman–Crippen MR) is 94.6 cm³/mol. The predicted octanol–water partition coefficient (Wildman–Crippen LogP) is 1.05. The van der Waals surface area contributed by atoms with E-state index in [9.17, 15) is 13.2 Å². The van der Waals surface area contributed by atoms with Crippen molar-refractivity contribution >= 4 is 16.1 Å². The van der Waals surface area contributed by atoms with Gasteiger partial charge in [0.1, 0.15) is 0 Å². The largest absolute Gasteiger partial charge is 0.377 e. The molecule has 138 valence electrons. The zero-order valence-electron chi connectivity index (χ0n) is 14.4. The molecule has 3 rings (SSSR count). The van der Waals surface area contributed by atoms with Gasteiger partial charge in [-0.25, -0.2) is 17.5 Å². The molecule has 2 aliphatic rings. The fourth-order valence-corrected chi connectivity index (χ4v) is 4.31. The van der Waals surface area contributed by atoms with Crippen molar-refractivity contribution in [1.82, 2.24) is 14.5 Å². The number of hydrogen-bond acceptors (Lipinski definition) is 4. The zero-order valence-corrected chi connectivity index (χ0v) is 15.2. The quantitative estimate of drug-likeness (QED) is 0.863. The lowest BCUT2D eigenvalue weighted by Crippen LogP contribution is -2.49. The fourth-order valence-electron chi connectivity index (χ4n) is 3.40. The lowest BCUT2D eigenvalue weighted by Gasteiger charge is -2.36. The molecule has 25 heavy (non-hydrogen) atoms. The third-order valence-corrected chi connectivity index (χ3v) is 6.10. The van der Waals surface area contributed by atoms with Crippen molar-refractivity contribution in [1.29, 1.82) is 0 Å². The molecule has 2 atom stereocenters. The van der Waals surface area contributed by atoms with Crippen LogP contribution in [0, 0.1) is 5.92 Å². The van der Waals surface area contributed by atoms with Crippen LogP contribution in [0.5, 0.6) is 0 Å². The smallest absolute Gasteiger partial charge is 0.318 e. The van der Waals surface area contributed by atoms with Crippen LogP contribution in [0.3, 0.4) is 0 Å². The fraction of sp³-hybridized carbons (Fsp3) is 0.588. The van der Waals surface area contributed by atoms with E-state index >= 15 is 0 Å². The van der Waals surface area contributed by atoms with Crippen LogP contribution >= 0.6 is 0 Å². The van der Waals surface area contributed by atoms with Gasteiger partial charge in [-0.3, -0.25) is 0 Å². The molecular formula is C17H25N3O4S. The Labute approximate surface area is 149 Å². The van der Waals surface area contributed by atoms with Crippen molar-refractivity contribution in [2.24, 2.45) is 5.92 Å². The van der Waals surface area contributed by atoms with E-state index in [0.29, 0.717) is 39.4 Å². The first-order valence-corrected chi connectivity index (χ1v) is 10.4. The maximum atomic E-state index is 12.6. The number of carbonyl (C=O) groups is 1. The molecular weight excluding hydrogens is 342 g/mol. The van der Waals surface area contributed by atoms with E-state index in [0.717, 1.165) is 12.0 Å². The first-order valence-electron chi connectivity index (χ1n) is 8.57. The number of sulfonamides is 1. The van der Waals surface area contributed by atoms with E-state index in [1.165, 1.54) is 10.6 Å². The molecule has 2 heterocycles. The molecule has 1 aromatic rings. The summed E-state index contributed by atoms with van der Waals surface area (Å²) in [4.78, 5) is 14.5. The number of amides is 2. The Balaban J connectivity index is 1.57. The Morgan fingerprint density at radius 2 is 2.04 bits per heavy atom. The van der Waals surface area contributed by atoms with E-state index in [-0.39, 0.29) is 18.0 Å². The molecule has 0 saturated carbocycles. The van der Waals surface area contributed by atoms with E-state index < -0.39 is 10.0 Å². The highest BCUT2D eigenvalue weighted by molar-refractivity contribution is 7.88. The average Bonchev–Trinajstić information content (AvgIpc) is 3.10. The maximum absolute atomic E-state index is 12.6. The minimum absolute atomic E-state index is 0.0916. The highest BCUT2D eigenvalue weighted by Crippen LogP contribution is 2.24. The number of rotatable bonds is 4. The van der Waals surface area contributed by atoms with Crippen LogP contribution in [0.25, 0.3) is 0 Å². The monoisotopic (exact) mass is 367 g/mol. The lowest BCUT2D eigenvalue weighted by molar-refractivity contribution is 0.0115. The summed E-state index contributed by atoms with van der Waals surface area (Å²) in [5, 5.41) is 2.98. The average molecular weight is 367 g/mol. The van der Waals surface area contributed by atoms with Crippen molar-refractivity contribution in [3.63, 3.8) is 0 Å². The second-order valence-corrected chi connectivity index (χ2v) is 8.64. The van der Waals surface area contributed by atoms with Gasteiger partial charge in [0.05, 0.1) is 25.5 Å². The van der Waals surface area contributed by atoms with Gasteiger partial charge in [-0.1, -0.05) is 30.3 Å². The summed E-state index contributed by atoms with van der Waals surface area (Å²) in [5.41, 5.74) is 1.06. The molecule has 1 N–H and O–H groups in total. The number of morpholine rings is 1. The van der Waals surface area contributed by atoms with Gasteiger partial charge in [0.25, 0.3) is 0 Å². The maximum Gasteiger partial charge on any atom is 0.318 e. The molecule has 0 spiro atoms. The van der Waals surface area contributed by atoms with Gasteiger partial charge >= 0.3 is 6.03 Å². The summed E-state index contributed by atoms with van der Waals surface area (Å²) in [6.07, 6.45) is 2.00. The minimum atomic E-state index is -3.15. The molecule has 0 aromatic heterocycles. The zero-order chi connectivity index (χ0) is 17.9. The standard InChI is InChI=1S/C17H25N3O4S/c1-25(22,23)19-8-7-14(12-19)11-18-17(21)20-9-10-24-13-16(20)15-5-3-2-4-6-15/h2-6,14,16H,7-13H2,1H3,(H,18,21). The third-order valence-electron chi connectivity index (χ3n) is 4.83. The Morgan fingerprint density at radius 1 is 1.28 bits per heavy atom. The van der Waals surface area contributed by atoms with Gasteiger partial charge in [0, 0.05) is 26.2 Å². The summed E-state index contributed by atoms with van der Waals surface area (Å²) in [6.45, 7) is 3.06. The number of ether oxygens (including phenoxy) is 1. The molecule has 0 bridgehead atoms. The van der Waals surface area contributed by atoms with Crippen molar-refractivity contribution in [3.05, 3.63) is 35.9 Å². The van der Waals surface area contributed by atoms with Gasteiger partial charge in [0.2, 0.25) is 10.0 Å². The van der Waals surface area contributed by atoms with E-state index in [1.807, 2.05) is 35.2 Å². The van der Waals surface area contributed by atoms with Gasteiger partial charge in [-0.15, -0.1) is 0 Å². The Bertz CT molecular complexity index is 695. The third kappa shape index (κ3) is 4.50. The van der Waals surface area contributed by atoms with E-state index in [1.54, 1.807) is 0 Å². The number of benzene rings is 1. The van der Waals surface area contributed by atoms with Gasteiger partial charge in [0.15, 0.2) is 0 Å². The summed E-state index contributed by atoms with van der Waals surface area (Å²) in [6, 6.07) is 9.66. The van der Waals surface area contributed by atoms with Gasteiger partial charge < -0.3 is 15.0 Å². The summed E-state index contributed by atoms with van der Waals surface area (Å²) >= 11 is 0. The summed E-state index contributed by atoms with van der Waals surface area (Å²) in [5.74, 6) is 0.162. The van der Waals surface area contributed by atoms with Gasteiger partial charge in [-0.05, 0) is 17.9 Å². The van der Waals surface area contributed by atoms with Crippen molar-refractivity contribution < 1.29 is 17.9 Å². The molecule has 0 aliphatic carbocycles. The Morgan fingerprint density at radius 3 is 2.72 bits per heavy atom. The SMILES string of the molecule is CS(=O)(=O)N1CCC(CNC(=O)N2CCOCC2c2ccccc2)C1. The summed E-state index contributed by atoms with van der Waals surface area (Å²) in [7, 11) is -3.15. The normalized spacial score (nSPS) is 25.1. The minimum Gasteiger partial charge on any atom is -0.377 e. The number of carbonyl (C=O) groups excluding carboxylic acids is 1. The number of nitrogens with zero attached hydrogens (tertiary/aromatic N) is 2. The molecule has 2 unspecified atom stereocenters. The number of hydrogen-bond donors (Lipinski definition) is 1. The van der Waals surface area contributed by atoms with Crippen molar-refractivity contribution in [2.45, 2.75) is 12.5 Å². The number of urea groups is 1. The molecule has 2 aliphatic heterocycles. The summed E-state index contributed by atoms with van der Waals surface area (Å²) < 4.78 is 30.2. The van der Waals surface area contributed by atoms with Crippen LogP contribution in [0.1, 0.15) is 18.0 Å². The first kappa shape index (κ1) is 18.2. The highest BCUT2D eigenvalue weighted by atomic mass is 32.2. The molecule has 2 saturated heterocycles. The van der Waals surface area contributed by atoms with Crippen LogP contribution < -0.4 is 5.32 Å². The van der Waals surface area contributed by atoms with Gasteiger partial charge in [-0.2, -0.15) is 0 Å². The van der Waals surface area contributed by atoms with E-state index in [2.05, 4.69) is 5.32 Å². The second-order valence-electron chi connectivity index (χ2n) is 6.66. The second kappa shape index (κ2) is 7.72. The molecule has 2 amide bonds. The Hall–Kier alpha value is -1.64. The highest BCUT2D eigenvalue weighted by Gasteiger charge is 2.31. The molecule has 8 heteroatoms. The number of nitrogens with one attached hydrogen (secondary N) is 1. The molecule has 0 radical (unpaired) electrons. The van der Waals surface area contributed by atoms with Crippen LogP contribution in [0.15, 0.2) is 30.3 Å². The van der Waals surface area contributed by atoms with Crippen molar-refractivity contribution in [2.75, 3.05) is 45.6 Å². The van der Waals surface area contributed by atoms with Crippen molar-refractivity contribution in [3.8, 4) is 0 Å².